The number of likely N-dealkylation sites (tertiary alicyclic amines) is 2. The van der Waals surface area contributed by atoms with Crippen LogP contribution >= 0.6 is 0 Å². The van der Waals surface area contributed by atoms with Gasteiger partial charge in [0.25, 0.3) is 0 Å². The summed E-state index contributed by atoms with van der Waals surface area (Å²) in [6.45, 7) is 11.9. The Labute approximate surface area is 313 Å². The number of amides is 4. The number of hydrogen-bond acceptors (Lipinski definition) is 8. The molecule has 2 fully saturated rings. The highest BCUT2D eigenvalue weighted by atomic mass is 16.5. The third-order valence-corrected chi connectivity index (χ3v) is 11.6. The molecule has 0 radical (unpaired) electrons. The van der Waals surface area contributed by atoms with Gasteiger partial charge >= 0.3 is 0 Å². The van der Waals surface area contributed by atoms with Crippen LogP contribution in [0.3, 0.4) is 0 Å². The topological polar surface area (TPSA) is 138 Å². The highest BCUT2D eigenvalue weighted by Gasteiger charge is 2.43. The minimum Gasteiger partial charge on any atom is -0.399 e. The van der Waals surface area contributed by atoms with E-state index in [1.807, 2.05) is 57.0 Å². The fourth-order valence-electron chi connectivity index (χ4n) is 8.19. The summed E-state index contributed by atoms with van der Waals surface area (Å²) in [5.74, 6) is -1.02. The van der Waals surface area contributed by atoms with E-state index in [1.165, 1.54) is 0 Å². The van der Waals surface area contributed by atoms with Crippen molar-refractivity contribution in [1.82, 2.24) is 24.9 Å². The second-order valence-corrected chi connectivity index (χ2v) is 15.6. The van der Waals surface area contributed by atoms with E-state index in [9.17, 15) is 19.2 Å². The number of ether oxygens (including phenoxy) is 2. The molecule has 2 aliphatic heterocycles. The number of anilines is 1. The van der Waals surface area contributed by atoms with Crippen LogP contribution in [0.4, 0.5) is 5.69 Å². The van der Waals surface area contributed by atoms with Gasteiger partial charge < -0.3 is 35.2 Å². The molecule has 0 unspecified atom stereocenters. The van der Waals surface area contributed by atoms with Gasteiger partial charge in [-0.1, -0.05) is 59.6 Å². The minimum absolute atomic E-state index is 0.0151. The number of likely N-dealkylation sites (N-methyl/N-ethyl adjacent to an activating group) is 3. The van der Waals surface area contributed by atoms with Gasteiger partial charge in [-0.25, -0.2) is 0 Å². The Kier molecular flexibility index (Phi) is 16.9. The number of hydrogen-bond donors (Lipinski definition) is 2. The molecule has 3 rings (SSSR count). The molecule has 0 bridgehead atoms. The second-order valence-electron chi connectivity index (χ2n) is 15.6. The Hall–Kier alpha value is -3.22. The van der Waals surface area contributed by atoms with Gasteiger partial charge in [0.1, 0.15) is 6.04 Å². The smallest absolute Gasteiger partial charge is 0.245 e. The fourth-order valence-corrected chi connectivity index (χ4v) is 8.19. The second kappa shape index (κ2) is 20.3. The molecule has 2 heterocycles. The standard InChI is InChI=1S/C40H68N6O6/c1-11-27(4)36(45(8)40(50)35(26(2)3)42-38(48)32-18-12-13-21-43(32)6)33(51-9)25-34(47)46-22-15-19-31(46)37(52-10)28(5)39(49)44(7)23-20-29-16-14-17-30(41)24-29/h14,16-17,24,26-28,31-33,35-37H,11-13,15,18-23,25,41H2,1-10H3,(H,42,48)/t27-,28+,31-,32-,33+,35-,36-,37+/m0/s1. The van der Waals surface area contributed by atoms with Crippen molar-refractivity contribution >= 4 is 29.3 Å². The van der Waals surface area contributed by atoms with Crippen molar-refractivity contribution in [2.24, 2.45) is 17.8 Å². The Balaban J connectivity index is 1.73. The van der Waals surface area contributed by atoms with Gasteiger partial charge in [-0.05, 0) is 75.2 Å². The quantitative estimate of drug-likeness (QED) is 0.218. The number of benzene rings is 1. The lowest BCUT2D eigenvalue weighted by Crippen LogP contribution is -2.59. The molecule has 294 valence electrons. The Morgan fingerprint density at radius 1 is 0.981 bits per heavy atom. The lowest BCUT2D eigenvalue weighted by molar-refractivity contribution is -0.149. The normalized spacial score (nSPS) is 21.6. The highest BCUT2D eigenvalue weighted by Crippen LogP contribution is 2.30. The van der Waals surface area contributed by atoms with Gasteiger partial charge in [0.05, 0.1) is 42.7 Å². The predicted octanol–water partition coefficient (Wildman–Crippen LogP) is 3.82. The molecule has 1 aromatic carbocycles. The molecule has 4 amide bonds. The summed E-state index contributed by atoms with van der Waals surface area (Å²) in [5, 5.41) is 3.08. The average molecular weight is 729 g/mol. The van der Waals surface area contributed by atoms with E-state index in [0.717, 1.165) is 50.6 Å². The summed E-state index contributed by atoms with van der Waals surface area (Å²) in [5.41, 5.74) is 7.70. The van der Waals surface area contributed by atoms with Crippen molar-refractivity contribution < 1.29 is 28.7 Å². The zero-order valence-corrected chi connectivity index (χ0v) is 33.6. The van der Waals surface area contributed by atoms with Gasteiger partial charge in [0.15, 0.2) is 0 Å². The molecule has 12 nitrogen and oxygen atoms in total. The molecule has 2 aliphatic rings. The lowest BCUT2D eigenvalue weighted by Gasteiger charge is -2.41. The maximum absolute atomic E-state index is 14.2. The number of nitrogens with one attached hydrogen (secondary N) is 1. The maximum atomic E-state index is 14.2. The number of nitrogens with zero attached hydrogens (tertiary/aromatic N) is 4. The molecule has 0 aromatic heterocycles. The van der Waals surface area contributed by atoms with Crippen LogP contribution in [0, 0.1) is 17.8 Å². The molecule has 12 heteroatoms. The molecule has 0 saturated carbocycles. The van der Waals surface area contributed by atoms with Crippen LogP contribution in [-0.4, -0.2) is 135 Å². The van der Waals surface area contributed by atoms with Crippen LogP contribution < -0.4 is 11.1 Å². The molecule has 8 atom stereocenters. The van der Waals surface area contributed by atoms with Crippen LogP contribution in [0.25, 0.3) is 0 Å². The Bertz CT molecular complexity index is 1330. The van der Waals surface area contributed by atoms with E-state index in [-0.39, 0.29) is 54.0 Å². The largest absolute Gasteiger partial charge is 0.399 e. The molecule has 2 saturated heterocycles. The zero-order valence-electron chi connectivity index (χ0n) is 33.6. The summed E-state index contributed by atoms with van der Waals surface area (Å²) in [6, 6.07) is 6.05. The lowest BCUT2D eigenvalue weighted by atomic mass is 9.89. The minimum atomic E-state index is -0.707. The first-order chi connectivity index (χ1) is 24.7. The molecule has 3 N–H and O–H groups in total. The first-order valence-electron chi connectivity index (χ1n) is 19.4. The molecular formula is C40H68N6O6. The van der Waals surface area contributed by atoms with E-state index >= 15 is 0 Å². The fraction of sp³-hybridized carbons (Fsp3) is 0.750. The van der Waals surface area contributed by atoms with Crippen LogP contribution in [0.5, 0.6) is 0 Å². The van der Waals surface area contributed by atoms with Gasteiger partial charge in [-0.15, -0.1) is 0 Å². The van der Waals surface area contributed by atoms with Crippen molar-refractivity contribution in [2.75, 3.05) is 60.7 Å². The number of piperidine rings is 1. The zero-order chi connectivity index (χ0) is 38.7. The Morgan fingerprint density at radius 2 is 1.69 bits per heavy atom. The van der Waals surface area contributed by atoms with Crippen molar-refractivity contribution in [1.29, 1.82) is 0 Å². The first-order valence-corrected chi connectivity index (χ1v) is 19.4. The van der Waals surface area contributed by atoms with E-state index in [4.69, 9.17) is 15.2 Å². The third-order valence-electron chi connectivity index (χ3n) is 11.6. The molecule has 1 aromatic rings. The van der Waals surface area contributed by atoms with Crippen molar-refractivity contribution in [3.05, 3.63) is 29.8 Å². The number of methoxy groups -OCH3 is 2. The van der Waals surface area contributed by atoms with Gasteiger partial charge in [-0.2, -0.15) is 0 Å². The molecule has 0 aliphatic carbocycles. The van der Waals surface area contributed by atoms with E-state index < -0.39 is 30.2 Å². The van der Waals surface area contributed by atoms with Crippen LogP contribution in [0.1, 0.15) is 85.1 Å². The highest BCUT2D eigenvalue weighted by molar-refractivity contribution is 5.90. The maximum Gasteiger partial charge on any atom is 0.245 e. The van der Waals surface area contributed by atoms with Gasteiger partial charge in [-0.3, -0.25) is 24.1 Å². The molecule has 52 heavy (non-hydrogen) atoms. The SMILES string of the molecule is CC[C@H](C)[C@@H]([C@@H](CC(=O)N1CCC[C@H]1[C@H](OC)[C@@H](C)C(=O)N(C)CCc1cccc(N)c1)OC)N(C)C(=O)[C@@H](NC(=O)[C@@H]1CCCCN1C)C(C)C. The first kappa shape index (κ1) is 43.2. The van der Waals surface area contributed by atoms with Gasteiger partial charge in [0, 0.05) is 47.1 Å². The van der Waals surface area contributed by atoms with Crippen molar-refractivity contribution in [3.8, 4) is 0 Å². The Morgan fingerprint density at radius 3 is 2.29 bits per heavy atom. The summed E-state index contributed by atoms with van der Waals surface area (Å²) in [4.78, 5) is 62.8. The number of nitrogens with two attached hydrogens (primary N) is 1. The van der Waals surface area contributed by atoms with Gasteiger partial charge in [0.2, 0.25) is 23.6 Å². The van der Waals surface area contributed by atoms with Crippen LogP contribution in [0.2, 0.25) is 0 Å². The summed E-state index contributed by atoms with van der Waals surface area (Å²) < 4.78 is 12.0. The summed E-state index contributed by atoms with van der Waals surface area (Å²) >= 11 is 0. The molecular weight excluding hydrogens is 660 g/mol. The van der Waals surface area contributed by atoms with E-state index in [2.05, 4.69) is 24.1 Å². The van der Waals surface area contributed by atoms with Crippen LogP contribution in [0.15, 0.2) is 24.3 Å². The number of nitrogen functional groups attached to an aromatic ring is 1. The number of rotatable bonds is 18. The molecule has 0 spiro atoms. The third kappa shape index (κ3) is 10.9. The van der Waals surface area contributed by atoms with Crippen molar-refractivity contribution in [2.45, 2.75) is 122 Å². The average Bonchev–Trinajstić information content (AvgIpc) is 3.61. The van der Waals surface area contributed by atoms with Crippen LogP contribution in [-0.2, 0) is 35.1 Å². The monoisotopic (exact) mass is 729 g/mol. The van der Waals surface area contributed by atoms with E-state index in [0.29, 0.717) is 25.2 Å². The predicted molar refractivity (Wildman–Crippen MR) is 205 cm³/mol. The number of carbonyl (C=O) groups excluding carboxylic acids is 4. The summed E-state index contributed by atoms with van der Waals surface area (Å²) in [7, 11) is 8.72. The summed E-state index contributed by atoms with van der Waals surface area (Å²) in [6.07, 6.45) is 4.82. The van der Waals surface area contributed by atoms with E-state index in [1.54, 1.807) is 38.1 Å². The number of carbonyl (C=O) groups is 4. The van der Waals surface area contributed by atoms with Crippen molar-refractivity contribution in [3.63, 3.8) is 0 Å².